The van der Waals surface area contributed by atoms with Crippen molar-refractivity contribution >= 4 is 17.5 Å². The first-order valence-electron chi connectivity index (χ1n) is 6.00. The standard InChI is InChI=1S/C14H10FN3O4/c15-12-7(3-2-6-10(12)18(21)22)11-8(13(16)19)4-1-5-9(11)14(17)20/h1-6H,(H2,16,19)(H2,17,20). The molecule has 0 spiro atoms. The summed E-state index contributed by atoms with van der Waals surface area (Å²) in [6, 6.07) is 7.33. The van der Waals surface area contributed by atoms with E-state index in [4.69, 9.17) is 11.5 Å². The summed E-state index contributed by atoms with van der Waals surface area (Å²) in [6.07, 6.45) is 0. The van der Waals surface area contributed by atoms with Crippen LogP contribution in [0.15, 0.2) is 36.4 Å². The van der Waals surface area contributed by atoms with Gasteiger partial charge < -0.3 is 11.5 Å². The molecule has 0 fully saturated rings. The molecule has 0 bridgehead atoms. The molecule has 0 heterocycles. The van der Waals surface area contributed by atoms with Gasteiger partial charge in [0.05, 0.1) is 4.92 Å². The molecule has 0 saturated heterocycles. The van der Waals surface area contributed by atoms with E-state index in [0.717, 1.165) is 6.07 Å². The highest BCUT2D eigenvalue weighted by Crippen LogP contribution is 2.33. The maximum absolute atomic E-state index is 14.3. The predicted molar refractivity (Wildman–Crippen MR) is 75.5 cm³/mol. The van der Waals surface area contributed by atoms with Crippen LogP contribution in [-0.4, -0.2) is 16.7 Å². The quantitative estimate of drug-likeness (QED) is 0.656. The van der Waals surface area contributed by atoms with Crippen molar-refractivity contribution in [3.63, 3.8) is 0 Å². The van der Waals surface area contributed by atoms with E-state index in [1.165, 1.54) is 30.3 Å². The largest absolute Gasteiger partial charge is 0.366 e. The molecule has 0 aliphatic rings. The van der Waals surface area contributed by atoms with Crippen LogP contribution >= 0.6 is 0 Å². The SMILES string of the molecule is NC(=O)c1cccc(C(N)=O)c1-c1cccc([N+](=O)[O-])c1F. The topological polar surface area (TPSA) is 129 Å². The van der Waals surface area contributed by atoms with Gasteiger partial charge in [0.15, 0.2) is 0 Å². The first kappa shape index (κ1) is 15.1. The van der Waals surface area contributed by atoms with Gasteiger partial charge in [0, 0.05) is 28.3 Å². The molecule has 2 aromatic carbocycles. The molecule has 0 atom stereocenters. The summed E-state index contributed by atoms with van der Waals surface area (Å²) in [5.74, 6) is -3.00. The lowest BCUT2D eigenvalue weighted by Gasteiger charge is -2.12. The molecular weight excluding hydrogens is 293 g/mol. The second kappa shape index (κ2) is 5.60. The van der Waals surface area contributed by atoms with Crippen LogP contribution in [0.4, 0.5) is 10.1 Å². The number of primary amides is 2. The molecule has 0 aliphatic heterocycles. The van der Waals surface area contributed by atoms with Crippen molar-refractivity contribution < 1.29 is 18.9 Å². The summed E-state index contributed by atoms with van der Waals surface area (Å²) < 4.78 is 14.3. The van der Waals surface area contributed by atoms with E-state index in [9.17, 15) is 24.1 Å². The number of carbonyl (C=O) groups is 2. The number of rotatable bonds is 4. The van der Waals surface area contributed by atoms with E-state index in [2.05, 4.69) is 0 Å². The lowest BCUT2D eigenvalue weighted by Crippen LogP contribution is -2.18. The van der Waals surface area contributed by atoms with Crippen LogP contribution in [0.5, 0.6) is 0 Å². The van der Waals surface area contributed by atoms with Gasteiger partial charge in [-0.15, -0.1) is 0 Å². The highest BCUT2D eigenvalue weighted by atomic mass is 19.1. The Labute approximate surface area is 123 Å². The Morgan fingerprint density at radius 1 is 1.00 bits per heavy atom. The zero-order valence-electron chi connectivity index (χ0n) is 11.1. The second-order valence-electron chi connectivity index (χ2n) is 4.35. The first-order valence-corrected chi connectivity index (χ1v) is 6.00. The number of nitrogens with zero attached hydrogens (tertiary/aromatic N) is 1. The second-order valence-corrected chi connectivity index (χ2v) is 4.35. The maximum Gasteiger partial charge on any atom is 0.305 e. The maximum atomic E-state index is 14.3. The fraction of sp³-hybridized carbons (Fsp3) is 0. The molecule has 0 saturated carbocycles. The van der Waals surface area contributed by atoms with Gasteiger partial charge in [-0.05, 0) is 12.1 Å². The Morgan fingerprint density at radius 3 is 1.95 bits per heavy atom. The van der Waals surface area contributed by atoms with Crippen molar-refractivity contribution in [2.24, 2.45) is 11.5 Å². The number of nitro benzene ring substituents is 1. The molecule has 2 aromatic rings. The molecule has 0 radical (unpaired) electrons. The van der Waals surface area contributed by atoms with E-state index in [1.54, 1.807) is 0 Å². The molecule has 0 aliphatic carbocycles. The number of halogens is 1. The van der Waals surface area contributed by atoms with Crippen LogP contribution < -0.4 is 11.5 Å². The molecule has 2 rings (SSSR count). The van der Waals surface area contributed by atoms with Crippen LogP contribution in [0.25, 0.3) is 11.1 Å². The fourth-order valence-electron chi connectivity index (χ4n) is 2.11. The zero-order chi connectivity index (χ0) is 16.4. The Hall–Kier alpha value is -3.29. The van der Waals surface area contributed by atoms with Gasteiger partial charge in [0.1, 0.15) is 0 Å². The Balaban J connectivity index is 2.88. The monoisotopic (exact) mass is 303 g/mol. The predicted octanol–water partition coefficient (Wildman–Crippen LogP) is 1.60. The summed E-state index contributed by atoms with van der Waals surface area (Å²) in [5, 5.41) is 10.8. The lowest BCUT2D eigenvalue weighted by atomic mass is 9.93. The Bertz CT molecular complexity index is 772. The number of carbonyl (C=O) groups excluding carboxylic acids is 2. The van der Waals surface area contributed by atoms with Gasteiger partial charge in [-0.1, -0.05) is 18.2 Å². The third-order valence-corrected chi connectivity index (χ3v) is 3.04. The minimum absolute atomic E-state index is 0.157. The third kappa shape index (κ3) is 2.49. The number of hydrogen-bond acceptors (Lipinski definition) is 4. The number of nitrogens with two attached hydrogens (primary N) is 2. The Morgan fingerprint density at radius 2 is 1.50 bits per heavy atom. The highest BCUT2D eigenvalue weighted by Gasteiger charge is 2.24. The molecule has 7 nitrogen and oxygen atoms in total. The first-order chi connectivity index (χ1) is 10.3. The molecule has 22 heavy (non-hydrogen) atoms. The van der Waals surface area contributed by atoms with Gasteiger partial charge in [-0.2, -0.15) is 4.39 Å². The van der Waals surface area contributed by atoms with Gasteiger partial charge in [0.25, 0.3) is 0 Å². The summed E-state index contributed by atoms with van der Waals surface area (Å²) in [5.41, 5.74) is 8.89. The van der Waals surface area contributed by atoms with Gasteiger partial charge in [-0.25, -0.2) is 0 Å². The number of nitro groups is 1. The van der Waals surface area contributed by atoms with Gasteiger partial charge in [0.2, 0.25) is 17.6 Å². The number of benzene rings is 2. The minimum Gasteiger partial charge on any atom is -0.366 e. The van der Waals surface area contributed by atoms with Crippen molar-refractivity contribution in [2.75, 3.05) is 0 Å². The van der Waals surface area contributed by atoms with Crippen molar-refractivity contribution in [1.29, 1.82) is 0 Å². The summed E-state index contributed by atoms with van der Waals surface area (Å²) in [6.45, 7) is 0. The number of amides is 2. The zero-order valence-corrected chi connectivity index (χ0v) is 11.1. The average Bonchev–Trinajstić information content (AvgIpc) is 2.46. The van der Waals surface area contributed by atoms with E-state index in [-0.39, 0.29) is 22.3 Å². The van der Waals surface area contributed by atoms with Crippen molar-refractivity contribution in [3.05, 3.63) is 63.5 Å². The van der Waals surface area contributed by atoms with E-state index in [1.807, 2.05) is 0 Å². The molecule has 8 heteroatoms. The van der Waals surface area contributed by atoms with Crippen molar-refractivity contribution in [1.82, 2.24) is 0 Å². The van der Waals surface area contributed by atoms with E-state index in [0.29, 0.717) is 0 Å². The van der Waals surface area contributed by atoms with Gasteiger partial charge >= 0.3 is 5.69 Å². The minimum atomic E-state index is -1.18. The van der Waals surface area contributed by atoms with Crippen LogP contribution in [0.1, 0.15) is 20.7 Å². The normalized spacial score (nSPS) is 10.2. The highest BCUT2D eigenvalue weighted by molar-refractivity contribution is 6.08. The van der Waals surface area contributed by atoms with Gasteiger partial charge in [-0.3, -0.25) is 19.7 Å². The van der Waals surface area contributed by atoms with E-state index < -0.39 is 28.2 Å². The van der Waals surface area contributed by atoms with Crippen LogP contribution in [0, 0.1) is 15.9 Å². The van der Waals surface area contributed by atoms with E-state index >= 15 is 0 Å². The number of hydrogen-bond donors (Lipinski definition) is 2. The molecule has 0 aromatic heterocycles. The Kier molecular flexibility index (Phi) is 3.85. The van der Waals surface area contributed by atoms with Crippen LogP contribution in [0.3, 0.4) is 0 Å². The van der Waals surface area contributed by atoms with Crippen LogP contribution in [-0.2, 0) is 0 Å². The summed E-state index contributed by atoms with van der Waals surface area (Å²) in [4.78, 5) is 32.9. The molecular formula is C14H10FN3O4. The van der Waals surface area contributed by atoms with Crippen molar-refractivity contribution in [3.8, 4) is 11.1 Å². The summed E-state index contributed by atoms with van der Waals surface area (Å²) in [7, 11) is 0. The summed E-state index contributed by atoms with van der Waals surface area (Å²) >= 11 is 0. The smallest absolute Gasteiger partial charge is 0.305 e. The van der Waals surface area contributed by atoms with Crippen molar-refractivity contribution in [2.45, 2.75) is 0 Å². The third-order valence-electron chi connectivity index (χ3n) is 3.04. The fourth-order valence-corrected chi connectivity index (χ4v) is 2.11. The lowest BCUT2D eigenvalue weighted by molar-refractivity contribution is -0.387. The molecule has 112 valence electrons. The van der Waals surface area contributed by atoms with Crippen LogP contribution in [0.2, 0.25) is 0 Å². The molecule has 0 unspecified atom stereocenters. The molecule has 2 amide bonds. The molecule has 4 N–H and O–H groups in total. The average molecular weight is 303 g/mol.